The predicted molar refractivity (Wildman–Crippen MR) is 88.9 cm³/mol. The number of aliphatic hydroxyl groups is 3. The lowest BCUT2D eigenvalue weighted by Gasteiger charge is -2.17. The maximum atomic E-state index is 12.4. The number of rotatable bonds is 5. The Morgan fingerprint density at radius 1 is 0.923 bits per heavy atom. The number of ether oxygens (including phenoxy) is 2. The number of hydrogen-bond donors (Lipinski definition) is 3. The van der Waals surface area contributed by atoms with Crippen molar-refractivity contribution in [3.8, 4) is 0 Å². The highest BCUT2D eigenvalue weighted by atomic mass is 16.7. The van der Waals surface area contributed by atoms with Gasteiger partial charge in [0, 0.05) is 0 Å². The van der Waals surface area contributed by atoms with E-state index in [9.17, 15) is 24.9 Å². The van der Waals surface area contributed by atoms with Crippen molar-refractivity contribution in [3.63, 3.8) is 0 Å². The molecular formula is C19H18O7. The van der Waals surface area contributed by atoms with Crippen LogP contribution in [-0.4, -0.2) is 51.7 Å². The Kier molecular flexibility index (Phi) is 5.43. The fourth-order valence-electron chi connectivity index (χ4n) is 2.68. The number of carbonyl (C=O) groups excluding carboxylic acids is 2. The van der Waals surface area contributed by atoms with Gasteiger partial charge in [-0.25, -0.2) is 4.79 Å². The van der Waals surface area contributed by atoms with Gasteiger partial charge < -0.3 is 24.8 Å². The van der Waals surface area contributed by atoms with Gasteiger partial charge in [-0.05, 0) is 17.7 Å². The van der Waals surface area contributed by atoms with Crippen LogP contribution in [0.3, 0.4) is 0 Å². The average Bonchev–Trinajstić information content (AvgIpc) is 2.96. The third kappa shape index (κ3) is 3.66. The van der Waals surface area contributed by atoms with E-state index in [-0.39, 0.29) is 5.56 Å². The van der Waals surface area contributed by atoms with Crippen molar-refractivity contribution in [2.75, 3.05) is 0 Å². The Labute approximate surface area is 149 Å². The van der Waals surface area contributed by atoms with Crippen LogP contribution in [0.1, 0.15) is 22.0 Å². The van der Waals surface area contributed by atoms with Crippen LogP contribution in [0.4, 0.5) is 0 Å². The first-order valence-electron chi connectivity index (χ1n) is 8.03. The monoisotopic (exact) mass is 358 g/mol. The fraction of sp³-hybridized carbons (Fsp3) is 0.263. The Bertz CT molecular complexity index is 762. The van der Waals surface area contributed by atoms with Crippen LogP contribution < -0.4 is 0 Å². The molecule has 0 aliphatic carbocycles. The lowest BCUT2D eigenvalue weighted by molar-refractivity contribution is -0.157. The van der Waals surface area contributed by atoms with E-state index in [4.69, 9.17) is 9.47 Å². The number of benzene rings is 2. The van der Waals surface area contributed by atoms with Gasteiger partial charge in [0.05, 0.1) is 5.56 Å². The normalized spacial score (nSPS) is 26.3. The van der Waals surface area contributed by atoms with Crippen molar-refractivity contribution >= 4 is 11.8 Å². The lowest BCUT2D eigenvalue weighted by atomic mass is 9.98. The molecule has 1 heterocycles. The summed E-state index contributed by atoms with van der Waals surface area (Å²) in [6, 6.07) is 16.2. The molecule has 2 unspecified atom stereocenters. The molecule has 5 atom stereocenters. The molecule has 0 saturated carbocycles. The highest BCUT2D eigenvalue weighted by Crippen LogP contribution is 2.28. The zero-order chi connectivity index (χ0) is 18.7. The van der Waals surface area contributed by atoms with E-state index in [0.717, 1.165) is 0 Å². The SMILES string of the molecule is O=C(OC1O[C@@H](C(=O)C(O)c2ccccc2)[C@@H](O)[C@@H]1O)c1ccccc1. The van der Waals surface area contributed by atoms with Gasteiger partial charge in [0.15, 0.2) is 11.9 Å². The molecule has 136 valence electrons. The van der Waals surface area contributed by atoms with Crippen LogP contribution in [0.5, 0.6) is 0 Å². The van der Waals surface area contributed by atoms with Crippen molar-refractivity contribution in [2.45, 2.75) is 30.7 Å². The quantitative estimate of drug-likeness (QED) is 0.671. The van der Waals surface area contributed by atoms with Crippen molar-refractivity contribution in [3.05, 3.63) is 71.8 Å². The van der Waals surface area contributed by atoms with Gasteiger partial charge in [-0.2, -0.15) is 0 Å². The molecular weight excluding hydrogens is 340 g/mol. The summed E-state index contributed by atoms with van der Waals surface area (Å²) in [7, 11) is 0. The minimum atomic E-state index is -1.63. The smallest absolute Gasteiger partial charge is 0.340 e. The molecule has 1 aliphatic rings. The largest absolute Gasteiger partial charge is 0.429 e. The molecule has 1 saturated heterocycles. The van der Waals surface area contributed by atoms with E-state index in [0.29, 0.717) is 5.56 Å². The summed E-state index contributed by atoms with van der Waals surface area (Å²) in [5.74, 6) is -1.60. The van der Waals surface area contributed by atoms with Gasteiger partial charge in [-0.15, -0.1) is 0 Å². The number of carbonyl (C=O) groups is 2. The minimum absolute atomic E-state index is 0.233. The summed E-state index contributed by atoms with van der Waals surface area (Å²) in [5, 5.41) is 30.3. The van der Waals surface area contributed by atoms with Crippen LogP contribution in [0.25, 0.3) is 0 Å². The van der Waals surface area contributed by atoms with E-state index in [1.807, 2.05) is 0 Å². The summed E-state index contributed by atoms with van der Waals surface area (Å²) in [6.45, 7) is 0. The molecule has 0 amide bonds. The first kappa shape index (κ1) is 18.2. The average molecular weight is 358 g/mol. The van der Waals surface area contributed by atoms with E-state index in [2.05, 4.69) is 0 Å². The number of aliphatic hydroxyl groups excluding tert-OH is 3. The second kappa shape index (κ2) is 7.76. The van der Waals surface area contributed by atoms with Gasteiger partial charge in [0.2, 0.25) is 6.29 Å². The van der Waals surface area contributed by atoms with Crippen molar-refractivity contribution in [1.29, 1.82) is 0 Å². The highest BCUT2D eigenvalue weighted by molar-refractivity contribution is 5.90. The molecule has 0 radical (unpaired) electrons. The molecule has 3 N–H and O–H groups in total. The van der Waals surface area contributed by atoms with Crippen molar-refractivity contribution in [2.24, 2.45) is 0 Å². The molecule has 1 aliphatic heterocycles. The van der Waals surface area contributed by atoms with Crippen LogP contribution in [-0.2, 0) is 14.3 Å². The third-order valence-electron chi connectivity index (χ3n) is 4.12. The molecule has 2 aromatic rings. The van der Waals surface area contributed by atoms with Crippen molar-refractivity contribution < 1.29 is 34.4 Å². The number of ketones is 1. The van der Waals surface area contributed by atoms with Crippen LogP contribution in [0.15, 0.2) is 60.7 Å². The van der Waals surface area contributed by atoms with Gasteiger partial charge in [-0.3, -0.25) is 4.79 Å². The molecule has 3 rings (SSSR count). The molecule has 2 aromatic carbocycles. The Balaban J connectivity index is 1.69. The summed E-state index contributed by atoms with van der Waals surface area (Å²) >= 11 is 0. The minimum Gasteiger partial charge on any atom is -0.429 e. The molecule has 0 aromatic heterocycles. The maximum Gasteiger partial charge on any atom is 0.340 e. The highest BCUT2D eigenvalue weighted by Gasteiger charge is 2.49. The molecule has 0 bridgehead atoms. The third-order valence-corrected chi connectivity index (χ3v) is 4.12. The molecule has 1 fully saturated rings. The van der Waals surface area contributed by atoms with E-state index in [1.54, 1.807) is 48.5 Å². The molecule has 7 nitrogen and oxygen atoms in total. The topological polar surface area (TPSA) is 113 Å². The first-order chi connectivity index (χ1) is 12.5. The number of Topliss-reactive ketones (excluding diaryl/α,β-unsaturated/α-hetero) is 1. The first-order valence-corrected chi connectivity index (χ1v) is 8.03. The summed E-state index contributed by atoms with van der Waals surface area (Å²) in [4.78, 5) is 24.5. The van der Waals surface area contributed by atoms with Gasteiger partial charge >= 0.3 is 5.97 Å². The maximum absolute atomic E-state index is 12.4. The molecule has 7 heteroatoms. The summed E-state index contributed by atoms with van der Waals surface area (Å²) in [6.07, 6.45) is -7.82. The Hall–Kier alpha value is -2.58. The second-order valence-electron chi connectivity index (χ2n) is 5.89. The summed E-state index contributed by atoms with van der Waals surface area (Å²) < 4.78 is 10.3. The van der Waals surface area contributed by atoms with E-state index in [1.165, 1.54) is 12.1 Å². The standard InChI is InChI=1S/C19H18O7/c20-13(11-7-3-1-4-8-11)14(21)17-15(22)16(23)19(25-17)26-18(24)12-9-5-2-6-10-12/h1-10,13,15-17,19-20,22-23H/t13?,15-,16-,17-,19?/m0/s1. The van der Waals surface area contributed by atoms with Crippen LogP contribution in [0.2, 0.25) is 0 Å². The van der Waals surface area contributed by atoms with E-state index >= 15 is 0 Å². The van der Waals surface area contributed by atoms with Gasteiger partial charge in [0.1, 0.15) is 18.3 Å². The number of esters is 1. The molecule has 0 spiro atoms. The van der Waals surface area contributed by atoms with Crippen LogP contribution >= 0.6 is 0 Å². The second-order valence-corrected chi connectivity index (χ2v) is 5.89. The van der Waals surface area contributed by atoms with Crippen molar-refractivity contribution in [1.82, 2.24) is 0 Å². The Morgan fingerprint density at radius 3 is 2.12 bits per heavy atom. The lowest BCUT2D eigenvalue weighted by Crippen LogP contribution is -2.39. The van der Waals surface area contributed by atoms with Gasteiger partial charge in [-0.1, -0.05) is 48.5 Å². The zero-order valence-corrected chi connectivity index (χ0v) is 13.6. The number of hydrogen-bond acceptors (Lipinski definition) is 7. The predicted octanol–water partition coefficient (Wildman–Crippen LogP) is 0.593. The fourth-order valence-corrected chi connectivity index (χ4v) is 2.68. The summed E-state index contributed by atoms with van der Waals surface area (Å²) in [5.41, 5.74) is 0.560. The van der Waals surface area contributed by atoms with Crippen LogP contribution in [0, 0.1) is 0 Å². The van der Waals surface area contributed by atoms with Gasteiger partial charge in [0.25, 0.3) is 0 Å². The zero-order valence-electron chi connectivity index (χ0n) is 13.6. The Morgan fingerprint density at radius 2 is 1.50 bits per heavy atom. The molecule has 26 heavy (non-hydrogen) atoms. The van der Waals surface area contributed by atoms with E-state index < -0.39 is 42.5 Å².